The van der Waals surface area contributed by atoms with Crippen LogP contribution < -0.4 is 4.74 Å². The molecule has 0 spiro atoms. The van der Waals surface area contributed by atoms with Gasteiger partial charge in [-0.05, 0) is 38.1 Å². The lowest BCUT2D eigenvalue weighted by molar-refractivity contribution is 0.122. The maximum absolute atomic E-state index is 5.85. The minimum absolute atomic E-state index is 0.371. The van der Waals surface area contributed by atoms with Crippen LogP contribution in [0.3, 0.4) is 0 Å². The number of para-hydroxylation sites is 1. The van der Waals surface area contributed by atoms with Gasteiger partial charge in [0.2, 0.25) is 0 Å². The highest BCUT2D eigenvalue weighted by Gasteiger charge is 2.14. The molecule has 1 fully saturated rings. The van der Waals surface area contributed by atoms with Crippen molar-refractivity contribution in [2.75, 3.05) is 13.1 Å². The van der Waals surface area contributed by atoms with E-state index < -0.39 is 0 Å². The molecule has 0 unspecified atom stereocenters. The summed E-state index contributed by atoms with van der Waals surface area (Å²) in [6.45, 7) is 2.08. The fourth-order valence-electron chi connectivity index (χ4n) is 1.72. The SMILES string of the molecule is [CH2-]N1CCC(Oc2ccccc2)CC1. The van der Waals surface area contributed by atoms with Crippen molar-refractivity contribution in [3.8, 4) is 5.75 Å². The summed E-state index contributed by atoms with van der Waals surface area (Å²) >= 11 is 0. The first-order valence-electron chi connectivity index (χ1n) is 5.12. The van der Waals surface area contributed by atoms with Gasteiger partial charge in [-0.2, -0.15) is 0 Å². The third kappa shape index (κ3) is 2.48. The summed E-state index contributed by atoms with van der Waals surface area (Å²) in [4.78, 5) is 2.10. The number of hydrogen-bond acceptors (Lipinski definition) is 2. The predicted octanol–water partition coefficient (Wildman–Crippen LogP) is 2.32. The van der Waals surface area contributed by atoms with E-state index in [1.54, 1.807) is 0 Å². The molecule has 0 atom stereocenters. The van der Waals surface area contributed by atoms with Crippen molar-refractivity contribution in [2.24, 2.45) is 0 Å². The number of likely N-dealkylation sites (tertiary alicyclic amines) is 1. The van der Waals surface area contributed by atoms with Gasteiger partial charge in [0.05, 0.1) is 0 Å². The minimum atomic E-state index is 0.371. The summed E-state index contributed by atoms with van der Waals surface area (Å²) in [6.07, 6.45) is 2.53. The summed E-state index contributed by atoms with van der Waals surface area (Å²) in [5.74, 6) is 0.981. The van der Waals surface area contributed by atoms with Gasteiger partial charge in [-0.15, -0.1) is 0 Å². The van der Waals surface area contributed by atoms with E-state index in [0.717, 1.165) is 31.7 Å². The van der Waals surface area contributed by atoms with Gasteiger partial charge in [0.25, 0.3) is 0 Å². The highest BCUT2D eigenvalue weighted by atomic mass is 16.5. The quantitative estimate of drug-likeness (QED) is 0.664. The van der Waals surface area contributed by atoms with Gasteiger partial charge in [-0.3, -0.25) is 7.05 Å². The average molecular weight is 190 g/mol. The van der Waals surface area contributed by atoms with Crippen LogP contribution in [0.5, 0.6) is 5.75 Å². The molecule has 0 aliphatic carbocycles. The molecule has 0 amide bonds. The highest BCUT2D eigenvalue weighted by Crippen LogP contribution is 2.17. The molecule has 1 aliphatic rings. The highest BCUT2D eigenvalue weighted by molar-refractivity contribution is 5.21. The Morgan fingerprint density at radius 3 is 2.43 bits per heavy atom. The third-order valence-electron chi connectivity index (χ3n) is 2.58. The number of benzene rings is 1. The number of ether oxygens (including phenoxy) is 1. The molecule has 2 nitrogen and oxygen atoms in total. The summed E-state index contributed by atoms with van der Waals surface area (Å²) in [5.41, 5.74) is 0. The fraction of sp³-hybridized carbons (Fsp3) is 0.417. The molecule has 76 valence electrons. The van der Waals surface area contributed by atoms with E-state index in [0.29, 0.717) is 6.10 Å². The number of hydrogen-bond donors (Lipinski definition) is 0. The molecule has 14 heavy (non-hydrogen) atoms. The van der Waals surface area contributed by atoms with E-state index >= 15 is 0 Å². The monoisotopic (exact) mass is 190 g/mol. The van der Waals surface area contributed by atoms with Crippen molar-refractivity contribution in [3.05, 3.63) is 37.4 Å². The van der Waals surface area contributed by atoms with E-state index in [1.165, 1.54) is 0 Å². The Kier molecular flexibility index (Phi) is 3.04. The largest absolute Gasteiger partial charge is 0.490 e. The van der Waals surface area contributed by atoms with Crippen LogP contribution in [0, 0.1) is 7.05 Å². The van der Waals surface area contributed by atoms with Gasteiger partial charge >= 0.3 is 0 Å². The van der Waals surface area contributed by atoms with Crippen molar-refractivity contribution >= 4 is 0 Å². The zero-order valence-electron chi connectivity index (χ0n) is 8.36. The summed E-state index contributed by atoms with van der Waals surface area (Å²) in [6, 6.07) is 10.0. The van der Waals surface area contributed by atoms with Gasteiger partial charge in [0, 0.05) is 0 Å². The van der Waals surface area contributed by atoms with Gasteiger partial charge in [-0.25, -0.2) is 0 Å². The second-order valence-corrected chi connectivity index (χ2v) is 3.75. The normalized spacial score (nSPS) is 19.5. The first-order valence-corrected chi connectivity index (χ1v) is 5.12. The second kappa shape index (κ2) is 4.47. The molecule has 1 aromatic carbocycles. The fourth-order valence-corrected chi connectivity index (χ4v) is 1.72. The van der Waals surface area contributed by atoms with Gasteiger partial charge in [-0.1, -0.05) is 18.2 Å². The number of rotatable bonds is 2. The molecular formula is C12H16NO-. The average Bonchev–Trinajstić information content (AvgIpc) is 2.23. The van der Waals surface area contributed by atoms with Crippen LogP contribution in [0.2, 0.25) is 0 Å². The first kappa shape index (κ1) is 9.53. The standard InChI is InChI=1S/C12H16NO/c1-13-9-7-12(8-10-13)14-11-5-3-2-4-6-11/h2-6,12H,1,7-10H2/q-1. The lowest BCUT2D eigenvalue weighted by Crippen LogP contribution is -2.34. The van der Waals surface area contributed by atoms with Crippen LogP contribution in [-0.4, -0.2) is 24.1 Å². The van der Waals surface area contributed by atoms with Crippen molar-refractivity contribution in [3.63, 3.8) is 0 Å². The summed E-state index contributed by atoms with van der Waals surface area (Å²) in [5, 5.41) is 0. The first-order chi connectivity index (χ1) is 6.84. The number of piperidine rings is 1. The van der Waals surface area contributed by atoms with Crippen molar-refractivity contribution in [1.29, 1.82) is 0 Å². The van der Waals surface area contributed by atoms with E-state index in [2.05, 4.69) is 11.9 Å². The Labute approximate surface area is 85.5 Å². The van der Waals surface area contributed by atoms with Crippen LogP contribution in [0.4, 0.5) is 0 Å². The molecule has 2 rings (SSSR count). The van der Waals surface area contributed by atoms with Crippen LogP contribution in [0.1, 0.15) is 12.8 Å². The van der Waals surface area contributed by atoms with E-state index in [-0.39, 0.29) is 0 Å². The predicted molar refractivity (Wildman–Crippen MR) is 57.0 cm³/mol. The van der Waals surface area contributed by atoms with Crippen LogP contribution >= 0.6 is 0 Å². The molecule has 0 saturated carbocycles. The Hall–Kier alpha value is -1.02. The minimum Gasteiger partial charge on any atom is -0.490 e. The van der Waals surface area contributed by atoms with E-state index in [1.807, 2.05) is 30.3 Å². The Bertz CT molecular complexity index is 265. The zero-order chi connectivity index (χ0) is 9.80. The Morgan fingerprint density at radius 2 is 1.79 bits per heavy atom. The zero-order valence-corrected chi connectivity index (χ0v) is 8.36. The molecule has 0 bridgehead atoms. The lowest BCUT2D eigenvalue weighted by Gasteiger charge is -2.34. The molecule has 1 saturated heterocycles. The van der Waals surface area contributed by atoms with Crippen LogP contribution in [0.25, 0.3) is 0 Å². The Morgan fingerprint density at radius 1 is 1.14 bits per heavy atom. The van der Waals surface area contributed by atoms with Gasteiger partial charge in [0.1, 0.15) is 11.9 Å². The van der Waals surface area contributed by atoms with Gasteiger partial charge in [0.15, 0.2) is 0 Å². The summed E-state index contributed by atoms with van der Waals surface area (Å²) in [7, 11) is 3.92. The topological polar surface area (TPSA) is 12.5 Å². The molecule has 2 heteroatoms. The molecule has 0 N–H and O–H groups in total. The molecular weight excluding hydrogens is 174 g/mol. The molecule has 1 heterocycles. The van der Waals surface area contributed by atoms with Gasteiger partial charge < -0.3 is 9.64 Å². The molecule has 0 aromatic heterocycles. The number of nitrogens with zero attached hydrogens (tertiary/aromatic N) is 1. The van der Waals surface area contributed by atoms with Crippen molar-refractivity contribution in [1.82, 2.24) is 4.90 Å². The lowest BCUT2D eigenvalue weighted by atomic mass is 10.1. The summed E-state index contributed by atoms with van der Waals surface area (Å²) < 4.78 is 5.85. The van der Waals surface area contributed by atoms with Crippen LogP contribution in [0.15, 0.2) is 30.3 Å². The molecule has 0 radical (unpaired) electrons. The Balaban J connectivity index is 1.87. The third-order valence-corrected chi connectivity index (χ3v) is 2.58. The maximum atomic E-state index is 5.85. The second-order valence-electron chi connectivity index (χ2n) is 3.75. The van der Waals surface area contributed by atoms with E-state index in [4.69, 9.17) is 4.74 Å². The molecule has 1 aromatic rings. The van der Waals surface area contributed by atoms with Crippen molar-refractivity contribution < 1.29 is 4.74 Å². The molecule has 1 aliphatic heterocycles. The van der Waals surface area contributed by atoms with E-state index in [9.17, 15) is 0 Å². The maximum Gasteiger partial charge on any atom is 0.119 e. The van der Waals surface area contributed by atoms with Crippen molar-refractivity contribution in [2.45, 2.75) is 18.9 Å². The van der Waals surface area contributed by atoms with Crippen LogP contribution in [-0.2, 0) is 0 Å². The smallest absolute Gasteiger partial charge is 0.119 e.